The number of benzene rings is 2. The van der Waals surface area contributed by atoms with Crippen molar-refractivity contribution < 1.29 is 19.0 Å². The van der Waals surface area contributed by atoms with Crippen molar-refractivity contribution in [2.24, 2.45) is 0 Å². The highest BCUT2D eigenvalue weighted by Gasteiger charge is 2.16. The number of carbonyl (C=O) groups excluding carboxylic acids is 1. The first kappa shape index (κ1) is 20.2. The molecule has 1 fully saturated rings. The van der Waals surface area contributed by atoms with Crippen molar-refractivity contribution in [3.8, 4) is 11.5 Å². The molecule has 1 heterocycles. The monoisotopic (exact) mass is 384 g/mol. The van der Waals surface area contributed by atoms with Crippen LogP contribution in [0.5, 0.6) is 11.5 Å². The van der Waals surface area contributed by atoms with Gasteiger partial charge in [0.05, 0.1) is 26.9 Å². The highest BCUT2D eigenvalue weighted by Crippen LogP contribution is 2.22. The molecule has 1 aliphatic rings. The van der Waals surface area contributed by atoms with Crippen LogP contribution in [-0.4, -0.2) is 50.8 Å². The summed E-state index contributed by atoms with van der Waals surface area (Å²) < 4.78 is 16.1. The first-order valence-electron chi connectivity index (χ1n) is 9.50. The topological polar surface area (TPSA) is 60.0 Å². The van der Waals surface area contributed by atoms with Gasteiger partial charge in [0.15, 0.2) is 0 Å². The molecule has 0 saturated carbocycles. The third-order valence-electron chi connectivity index (χ3n) is 4.79. The molecule has 1 atom stereocenters. The second-order valence-corrected chi connectivity index (χ2v) is 7.02. The largest absolute Gasteiger partial charge is 0.497 e. The van der Waals surface area contributed by atoms with Crippen LogP contribution >= 0.6 is 0 Å². The number of amides is 1. The number of carbonyl (C=O) groups is 1. The van der Waals surface area contributed by atoms with Crippen LogP contribution in [-0.2, 0) is 17.8 Å². The third-order valence-corrected chi connectivity index (χ3v) is 4.79. The Balaban J connectivity index is 1.60. The van der Waals surface area contributed by atoms with Crippen LogP contribution < -0.4 is 14.8 Å². The number of nitrogens with one attached hydrogen (secondary N) is 1. The first-order chi connectivity index (χ1) is 13.6. The molecule has 150 valence electrons. The Hall–Kier alpha value is -2.57. The van der Waals surface area contributed by atoms with Crippen molar-refractivity contribution in [1.29, 1.82) is 0 Å². The second kappa shape index (κ2) is 9.57. The van der Waals surface area contributed by atoms with Gasteiger partial charge in [-0.25, -0.2) is 0 Å². The number of ether oxygens (including phenoxy) is 3. The van der Waals surface area contributed by atoms with E-state index in [-0.39, 0.29) is 12.0 Å². The average molecular weight is 384 g/mol. The lowest BCUT2D eigenvalue weighted by Gasteiger charge is -2.31. The standard InChI is InChI=1S/C22H28N2O4/c1-16-14-24(7-8-28-16)15-18-6-4-5-17(9-18)13-23-22(25)19-10-20(26-2)12-21(11-19)27-3/h4-6,9-12,16H,7-8,13-15H2,1-3H3,(H,23,25). The van der Waals surface area contributed by atoms with E-state index in [1.54, 1.807) is 32.4 Å². The Morgan fingerprint density at radius 2 is 1.86 bits per heavy atom. The van der Waals surface area contributed by atoms with Gasteiger partial charge in [-0.05, 0) is 30.2 Å². The van der Waals surface area contributed by atoms with Gasteiger partial charge in [-0.1, -0.05) is 24.3 Å². The van der Waals surface area contributed by atoms with Crippen LogP contribution in [0.15, 0.2) is 42.5 Å². The van der Waals surface area contributed by atoms with E-state index < -0.39 is 0 Å². The van der Waals surface area contributed by atoms with E-state index in [9.17, 15) is 4.79 Å². The molecule has 1 amide bonds. The molecule has 0 aliphatic carbocycles. The minimum atomic E-state index is -0.162. The molecule has 0 aromatic heterocycles. The summed E-state index contributed by atoms with van der Waals surface area (Å²) in [6, 6.07) is 13.5. The average Bonchev–Trinajstić information content (AvgIpc) is 2.72. The zero-order chi connectivity index (χ0) is 19.9. The van der Waals surface area contributed by atoms with Crippen LogP contribution in [0, 0.1) is 0 Å². The number of hydrogen-bond donors (Lipinski definition) is 1. The second-order valence-electron chi connectivity index (χ2n) is 7.02. The molecule has 28 heavy (non-hydrogen) atoms. The molecule has 1 N–H and O–H groups in total. The van der Waals surface area contributed by atoms with Gasteiger partial charge in [0.2, 0.25) is 0 Å². The van der Waals surface area contributed by atoms with Crippen molar-refractivity contribution in [1.82, 2.24) is 10.2 Å². The zero-order valence-corrected chi connectivity index (χ0v) is 16.7. The minimum absolute atomic E-state index is 0.162. The van der Waals surface area contributed by atoms with Crippen molar-refractivity contribution >= 4 is 5.91 Å². The summed E-state index contributed by atoms with van der Waals surface area (Å²) >= 11 is 0. The van der Waals surface area contributed by atoms with Gasteiger partial charge < -0.3 is 19.5 Å². The number of methoxy groups -OCH3 is 2. The quantitative estimate of drug-likeness (QED) is 0.795. The van der Waals surface area contributed by atoms with Crippen molar-refractivity contribution in [2.75, 3.05) is 33.9 Å². The fraction of sp³-hybridized carbons (Fsp3) is 0.409. The summed E-state index contributed by atoms with van der Waals surface area (Å²) in [4.78, 5) is 14.9. The first-order valence-corrected chi connectivity index (χ1v) is 9.50. The lowest BCUT2D eigenvalue weighted by atomic mass is 10.1. The minimum Gasteiger partial charge on any atom is -0.497 e. The van der Waals surface area contributed by atoms with Crippen molar-refractivity contribution in [2.45, 2.75) is 26.1 Å². The predicted octanol–water partition coefficient (Wildman–Crippen LogP) is 2.85. The van der Waals surface area contributed by atoms with Crippen LogP contribution in [0.2, 0.25) is 0 Å². The van der Waals surface area contributed by atoms with Gasteiger partial charge in [0.1, 0.15) is 11.5 Å². The Kier molecular flexibility index (Phi) is 6.90. The zero-order valence-electron chi connectivity index (χ0n) is 16.7. The van der Waals surface area contributed by atoms with Crippen LogP contribution in [0.3, 0.4) is 0 Å². The SMILES string of the molecule is COc1cc(OC)cc(C(=O)NCc2cccc(CN3CCOC(C)C3)c2)c1. The van der Waals surface area contributed by atoms with E-state index in [2.05, 4.69) is 29.3 Å². The van der Waals surface area contributed by atoms with Gasteiger partial charge in [0, 0.05) is 37.8 Å². The Morgan fingerprint density at radius 3 is 2.54 bits per heavy atom. The molecular weight excluding hydrogens is 356 g/mol. The third kappa shape index (κ3) is 5.47. The summed E-state index contributed by atoms with van der Waals surface area (Å²) in [6.07, 6.45) is 0.274. The fourth-order valence-corrected chi connectivity index (χ4v) is 3.35. The molecule has 1 unspecified atom stereocenters. The molecule has 6 heteroatoms. The van der Waals surface area contributed by atoms with E-state index in [0.717, 1.165) is 31.8 Å². The smallest absolute Gasteiger partial charge is 0.251 e. The van der Waals surface area contributed by atoms with Gasteiger partial charge >= 0.3 is 0 Å². The highest BCUT2D eigenvalue weighted by molar-refractivity contribution is 5.95. The lowest BCUT2D eigenvalue weighted by Crippen LogP contribution is -2.40. The maximum atomic E-state index is 12.5. The van der Waals surface area contributed by atoms with Crippen LogP contribution in [0.25, 0.3) is 0 Å². The lowest BCUT2D eigenvalue weighted by molar-refractivity contribution is -0.0212. The van der Waals surface area contributed by atoms with E-state index in [4.69, 9.17) is 14.2 Å². The number of morpholine rings is 1. The van der Waals surface area contributed by atoms with Gasteiger partial charge in [-0.2, -0.15) is 0 Å². The Bertz CT molecular complexity index is 787. The predicted molar refractivity (Wildman–Crippen MR) is 108 cm³/mol. The van der Waals surface area contributed by atoms with E-state index in [0.29, 0.717) is 23.6 Å². The molecular formula is C22H28N2O4. The molecule has 0 spiro atoms. The van der Waals surface area contributed by atoms with E-state index in [1.807, 2.05) is 12.1 Å². The maximum Gasteiger partial charge on any atom is 0.251 e. The number of hydrogen-bond acceptors (Lipinski definition) is 5. The Morgan fingerprint density at radius 1 is 1.14 bits per heavy atom. The molecule has 6 nitrogen and oxygen atoms in total. The van der Waals surface area contributed by atoms with Crippen molar-refractivity contribution in [3.05, 3.63) is 59.2 Å². The summed E-state index contributed by atoms with van der Waals surface area (Å²) in [6.45, 7) is 6.13. The van der Waals surface area contributed by atoms with Crippen molar-refractivity contribution in [3.63, 3.8) is 0 Å². The van der Waals surface area contributed by atoms with E-state index in [1.165, 1.54) is 5.56 Å². The molecule has 3 rings (SSSR count). The molecule has 2 aromatic carbocycles. The molecule has 0 bridgehead atoms. The normalized spacial score (nSPS) is 17.2. The molecule has 0 radical (unpaired) electrons. The fourth-order valence-electron chi connectivity index (χ4n) is 3.35. The summed E-state index contributed by atoms with van der Waals surface area (Å²) in [5.41, 5.74) is 2.82. The van der Waals surface area contributed by atoms with Gasteiger partial charge in [0.25, 0.3) is 5.91 Å². The van der Waals surface area contributed by atoms with Gasteiger partial charge in [-0.3, -0.25) is 9.69 Å². The molecule has 1 aliphatic heterocycles. The molecule has 1 saturated heterocycles. The Labute approximate surface area is 166 Å². The van der Waals surface area contributed by atoms with Crippen LogP contribution in [0.1, 0.15) is 28.4 Å². The molecule has 2 aromatic rings. The summed E-state index contributed by atoms with van der Waals surface area (Å²) in [7, 11) is 3.13. The van der Waals surface area contributed by atoms with E-state index >= 15 is 0 Å². The van der Waals surface area contributed by atoms with Gasteiger partial charge in [-0.15, -0.1) is 0 Å². The van der Waals surface area contributed by atoms with Crippen LogP contribution in [0.4, 0.5) is 0 Å². The summed E-state index contributed by atoms with van der Waals surface area (Å²) in [5.74, 6) is 1.02. The number of rotatable bonds is 7. The summed E-state index contributed by atoms with van der Waals surface area (Å²) in [5, 5.41) is 2.97. The highest BCUT2D eigenvalue weighted by atomic mass is 16.5. The maximum absolute atomic E-state index is 12.5. The number of nitrogens with zero attached hydrogens (tertiary/aromatic N) is 1.